The van der Waals surface area contributed by atoms with Crippen LogP contribution in [-0.4, -0.2) is 7.11 Å². The van der Waals surface area contributed by atoms with Gasteiger partial charge in [0, 0.05) is 13.0 Å². The van der Waals surface area contributed by atoms with Crippen molar-refractivity contribution in [2.45, 2.75) is 11.5 Å². The van der Waals surface area contributed by atoms with E-state index in [0.29, 0.717) is 5.92 Å². The molecule has 6 rings (SSSR count). The van der Waals surface area contributed by atoms with Crippen LogP contribution in [0.2, 0.25) is 0 Å². The van der Waals surface area contributed by atoms with E-state index in [2.05, 4.69) is 72.8 Å². The number of benzene rings is 3. The largest absolute Gasteiger partial charge is 0.364 e. The smallest absolute Gasteiger partial charge is 0.144 e. The number of ether oxygens (including phenoxy) is 1. The highest BCUT2D eigenvalue weighted by Gasteiger charge is 2.51. The maximum Gasteiger partial charge on any atom is 0.144 e. The van der Waals surface area contributed by atoms with E-state index in [0.717, 1.165) is 0 Å². The summed E-state index contributed by atoms with van der Waals surface area (Å²) in [6, 6.07) is 26.2. The highest BCUT2D eigenvalue weighted by Crippen LogP contribution is 2.58. The maximum atomic E-state index is 6.25. The fourth-order valence-corrected chi connectivity index (χ4v) is 4.48. The van der Waals surface area contributed by atoms with E-state index < -0.39 is 5.60 Å². The van der Waals surface area contributed by atoms with Crippen LogP contribution >= 0.6 is 0 Å². The summed E-state index contributed by atoms with van der Waals surface area (Å²) in [4.78, 5) is 0. The molecule has 0 saturated carbocycles. The van der Waals surface area contributed by atoms with Crippen LogP contribution in [0.1, 0.15) is 39.3 Å². The van der Waals surface area contributed by atoms with Crippen molar-refractivity contribution in [1.82, 2.24) is 0 Å². The lowest BCUT2D eigenvalue weighted by molar-refractivity contribution is 0.0493. The Labute approximate surface area is 130 Å². The van der Waals surface area contributed by atoms with Crippen molar-refractivity contribution in [2.75, 3.05) is 7.11 Å². The van der Waals surface area contributed by atoms with Gasteiger partial charge in [-0.25, -0.2) is 0 Å². The van der Waals surface area contributed by atoms with Gasteiger partial charge >= 0.3 is 0 Å². The predicted molar refractivity (Wildman–Crippen MR) is 87.2 cm³/mol. The molecule has 0 aromatic heterocycles. The lowest BCUT2D eigenvalue weighted by Gasteiger charge is -2.49. The van der Waals surface area contributed by atoms with Gasteiger partial charge in [0.05, 0.1) is 0 Å². The van der Waals surface area contributed by atoms with Gasteiger partial charge in [0.15, 0.2) is 0 Å². The van der Waals surface area contributed by atoms with Crippen LogP contribution in [0.15, 0.2) is 72.8 Å². The van der Waals surface area contributed by atoms with Gasteiger partial charge in [-0.1, -0.05) is 72.8 Å². The van der Waals surface area contributed by atoms with Crippen molar-refractivity contribution in [3.63, 3.8) is 0 Å². The number of hydrogen-bond donors (Lipinski definition) is 0. The predicted octanol–water partition coefficient (Wildman–Crippen LogP) is 4.43. The number of methoxy groups -OCH3 is 1. The summed E-state index contributed by atoms with van der Waals surface area (Å²) in [5.41, 5.74) is 7.53. The van der Waals surface area contributed by atoms with Crippen molar-refractivity contribution in [2.24, 2.45) is 0 Å². The van der Waals surface area contributed by atoms with E-state index in [9.17, 15) is 0 Å². The summed E-state index contributed by atoms with van der Waals surface area (Å²) in [6.45, 7) is 0. The minimum Gasteiger partial charge on any atom is -0.364 e. The summed E-state index contributed by atoms with van der Waals surface area (Å²) in [5, 5.41) is 0. The SMILES string of the molecule is COC12c3ccccc3C(c3ccccc31)c1ccccc12. The van der Waals surface area contributed by atoms with Crippen LogP contribution in [0.25, 0.3) is 0 Å². The highest BCUT2D eigenvalue weighted by molar-refractivity contribution is 5.70. The standard InChI is InChI=1S/C21H16O/c1-22-21-17-11-5-2-8-14(17)20(15-9-3-6-12-18(15)21)16-10-4-7-13-19(16)21/h2-13,20H,1H3. The molecule has 3 aromatic carbocycles. The normalized spacial score (nSPS) is 23.6. The van der Waals surface area contributed by atoms with E-state index >= 15 is 0 Å². The van der Waals surface area contributed by atoms with Crippen molar-refractivity contribution >= 4 is 0 Å². The van der Waals surface area contributed by atoms with Crippen molar-refractivity contribution in [3.05, 3.63) is 106 Å². The molecule has 0 amide bonds. The zero-order valence-corrected chi connectivity index (χ0v) is 12.4. The molecule has 0 saturated heterocycles. The van der Waals surface area contributed by atoms with E-state index in [1.54, 1.807) is 0 Å². The van der Waals surface area contributed by atoms with Crippen molar-refractivity contribution in [3.8, 4) is 0 Å². The highest BCUT2D eigenvalue weighted by atomic mass is 16.5. The van der Waals surface area contributed by atoms with E-state index in [-0.39, 0.29) is 0 Å². The molecule has 3 aliphatic carbocycles. The molecule has 0 atom stereocenters. The topological polar surface area (TPSA) is 9.23 Å². The molecule has 0 spiro atoms. The van der Waals surface area contributed by atoms with E-state index in [4.69, 9.17) is 4.74 Å². The molecule has 22 heavy (non-hydrogen) atoms. The van der Waals surface area contributed by atoms with E-state index in [1.807, 2.05) is 7.11 Å². The van der Waals surface area contributed by atoms with Crippen LogP contribution in [0, 0.1) is 0 Å². The Kier molecular flexibility index (Phi) is 2.26. The Balaban J connectivity index is 2.00. The zero-order valence-electron chi connectivity index (χ0n) is 12.4. The molecule has 1 heteroatoms. The molecule has 0 aliphatic heterocycles. The second-order valence-corrected chi connectivity index (χ2v) is 6.08. The summed E-state index contributed by atoms with van der Waals surface area (Å²) in [5.74, 6) is 0.320. The van der Waals surface area contributed by atoms with Crippen LogP contribution in [-0.2, 0) is 10.3 Å². The second-order valence-electron chi connectivity index (χ2n) is 6.08. The lowest BCUT2D eigenvalue weighted by atomic mass is 9.58. The first-order chi connectivity index (χ1) is 10.9. The fourth-order valence-electron chi connectivity index (χ4n) is 4.48. The summed E-state index contributed by atoms with van der Waals surface area (Å²) >= 11 is 0. The van der Waals surface area contributed by atoms with Crippen molar-refractivity contribution in [1.29, 1.82) is 0 Å². The molecule has 3 aliphatic rings. The second kappa shape index (κ2) is 4.08. The van der Waals surface area contributed by atoms with Gasteiger partial charge in [-0.3, -0.25) is 0 Å². The first-order valence-electron chi connectivity index (χ1n) is 7.71. The molecular formula is C21H16O. The average Bonchev–Trinajstić information content (AvgIpc) is 2.61. The third kappa shape index (κ3) is 1.20. The average molecular weight is 284 g/mol. The van der Waals surface area contributed by atoms with Crippen LogP contribution < -0.4 is 0 Å². The van der Waals surface area contributed by atoms with Gasteiger partial charge in [0.25, 0.3) is 0 Å². The number of hydrogen-bond acceptors (Lipinski definition) is 1. The minimum absolute atomic E-state index is 0.320. The Bertz CT molecular complexity index is 778. The third-order valence-corrected chi connectivity index (χ3v) is 5.26. The summed E-state index contributed by atoms with van der Waals surface area (Å²) in [7, 11) is 1.83. The lowest BCUT2D eigenvalue weighted by Crippen LogP contribution is -2.43. The molecule has 0 radical (unpaired) electrons. The molecule has 106 valence electrons. The first-order valence-corrected chi connectivity index (χ1v) is 7.71. The molecule has 2 bridgehead atoms. The maximum absolute atomic E-state index is 6.25. The van der Waals surface area contributed by atoms with Crippen LogP contribution in [0.5, 0.6) is 0 Å². The summed E-state index contributed by atoms with van der Waals surface area (Å²) < 4.78 is 6.25. The van der Waals surface area contributed by atoms with Gasteiger partial charge < -0.3 is 4.74 Å². The Hall–Kier alpha value is -2.38. The van der Waals surface area contributed by atoms with Crippen LogP contribution in [0.3, 0.4) is 0 Å². The first kappa shape index (κ1) is 12.2. The van der Waals surface area contributed by atoms with E-state index in [1.165, 1.54) is 33.4 Å². The zero-order chi connectivity index (χ0) is 14.7. The minimum atomic E-state index is -0.474. The molecule has 0 fully saturated rings. The Morgan fingerprint density at radius 1 is 0.636 bits per heavy atom. The number of rotatable bonds is 1. The molecule has 1 nitrogen and oxygen atoms in total. The monoisotopic (exact) mass is 284 g/mol. The van der Waals surface area contributed by atoms with Crippen LogP contribution in [0.4, 0.5) is 0 Å². The molecule has 0 N–H and O–H groups in total. The molecule has 0 unspecified atom stereocenters. The van der Waals surface area contributed by atoms with Crippen molar-refractivity contribution < 1.29 is 4.74 Å². The van der Waals surface area contributed by atoms with Gasteiger partial charge in [-0.05, 0) is 33.4 Å². The molecule has 0 heterocycles. The Morgan fingerprint density at radius 2 is 1.00 bits per heavy atom. The van der Waals surface area contributed by atoms with Gasteiger partial charge in [-0.15, -0.1) is 0 Å². The third-order valence-electron chi connectivity index (χ3n) is 5.26. The van der Waals surface area contributed by atoms with Gasteiger partial charge in [-0.2, -0.15) is 0 Å². The summed E-state index contributed by atoms with van der Waals surface area (Å²) in [6.07, 6.45) is 0. The Morgan fingerprint density at radius 3 is 1.36 bits per heavy atom. The van der Waals surface area contributed by atoms with Gasteiger partial charge in [0.2, 0.25) is 0 Å². The quantitative estimate of drug-likeness (QED) is 0.642. The fraction of sp³-hybridized carbons (Fsp3) is 0.143. The molecule has 3 aromatic rings. The van der Waals surface area contributed by atoms with Gasteiger partial charge in [0.1, 0.15) is 5.60 Å². The molecular weight excluding hydrogens is 268 g/mol.